The first-order valence-corrected chi connectivity index (χ1v) is 43.5. The van der Waals surface area contributed by atoms with Gasteiger partial charge in [0.05, 0.1) is 11.4 Å². The van der Waals surface area contributed by atoms with Crippen molar-refractivity contribution < 1.29 is 0 Å². The van der Waals surface area contributed by atoms with Crippen LogP contribution in [-0.2, 0) is 10.8 Å². The van der Waals surface area contributed by atoms with Gasteiger partial charge in [-0.1, -0.05) is 326 Å². The zero-order valence-corrected chi connectivity index (χ0v) is 70.7. The number of para-hydroxylation sites is 4. The van der Waals surface area contributed by atoms with Gasteiger partial charge in [0.2, 0.25) is 0 Å². The third-order valence-corrected chi connectivity index (χ3v) is 25.1. The van der Waals surface area contributed by atoms with E-state index in [9.17, 15) is 0 Å². The largest absolute Gasteiger partial charge is 0.310 e. The predicted molar refractivity (Wildman–Crippen MR) is 510 cm³/mol. The van der Waals surface area contributed by atoms with Gasteiger partial charge < -0.3 is 19.6 Å². The minimum atomic E-state index is 0.0512. The molecule has 118 heavy (non-hydrogen) atoms. The zero-order valence-electron chi connectivity index (χ0n) is 70.7. The van der Waals surface area contributed by atoms with Gasteiger partial charge in [-0.25, -0.2) is 0 Å². The average Bonchev–Trinajstić information content (AvgIpc) is 0.786. The van der Waals surface area contributed by atoms with Crippen LogP contribution < -0.4 is 19.6 Å². The normalized spacial score (nSPS) is 13.6. The van der Waals surface area contributed by atoms with Crippen molar-refractivity contribution in [2.75, 3.05) is 19.6 Å². The summed E-state index contributed by atoms with van der Waals surface area (Å²) in [6, 6.07) is 131. The minimum Gasteiger partial charge on any atom is -0.310 e. The Bertz CT molecular complexity index is 5640. The van der Waals surface area contributed by atoms with Gasteiger partial charge in [-0.15, -0.1) is 0 Å². The molecule has 2 aliphatic rings. The lowest BCUT2D eigenvalue weighted by atomic mass is 9.81. The van der Waals surface area contributed by atoms with Gasteiger partial charge in [-0.2, -0.15) is 0 Å². The number of benzene rings is 16. The van der Waals surface area contributed by atoms with Crippen LogP contribution in [0.25, 0.3) is 65.3 Å². The maximum atomic E-state index is 2.63. The molecule has 4 nitrogen and oxygen atoms in total. The number of fused-ring (bicyclic) bond motifs is 4. The molecule has 0 bridgehead atoms. The molecule has 0 aromatic heterocycles. The summed E-state index contributed by atoms with van der Waals surface area (Å²) in [5.41, 5.74) is 27.3. The van der Waals surface area contributed by atoms with Crippen LogP contribution in [0.2, 0.25) is 0 Å². The van der Waals surface area contributed by atoms with Crippen LogP contribution in [0, 0.1) is 0 Å². The van der Waals surface area contributed by atoms with Crippen molar-refractivity contribution in [1.29, 1.82) is 0 Å². The second-order valence-corrected chi connectivity index (χ2v) is 35.7. The zero-order chi connectivity index (χ0) is 81.0. The van der Waals surface area contributed by atoms with Crippen LogP contribution >= 0.6 is 0 Å². The maximum absolute atomic E-state index is 2.63. The highest BCUT2D eigenvalue weighted by Gasteiger charge is 2.31. The minimum absolute atomic E-state index is 0.0512. The fourth-order valence-corrected chi connectivity index (χ4v) is 18.6. The van der Waals surface area contributed by atoms with Gasteiger partial charge in [0.25, 0.3) is 0 Å². The smallest absolute Gasteiger partial charge is 0.0620 e. The van der Waals surface area contributed by atoms with Crippen LogP contribution in [0.1, 0.15) is 190 Å². The highest BCUT2D eigenvalue weighted by Crippen LogP contribution is 2.55. The molecule has 2 saturated carbocycles. The Morgan fingerprint density at radius 2 is 0.492 bits per heavy atom. The van der Waals surface area contributed by atoms with Crippen molar-refractivity contribution in [3.05, 3.63) is 385 Å². The number of hydrogen-bond acceptors (Lipinski definition) is 4. The lowest BCUT2D eigenvalue weighted by Crippen LogP contribution is -2.16. The molecular weight excluding hydrogens is 1430 g/mol. The molecule has 0 aliphatic heterocycles. The van der Waals surface area contributed by atoms with E-state index in [4.69, 9.17) is 0 Å². The van der Waals surface area contributed by atoms with Crippen molar-refractivity contribution in [1.82, 2.24) is 0 Å². The summed E-state index contributed by atoms with van der Waals surface area (Å²) in [7, 11) is 0. The second-order valence-electron chi connectivity index (χ2n) is 35.7. The van der Waals surface area contributed by atoms with Crippen LogP contribution in [0.4, 0.5) is 68.2 Å². The topological polar surface area (TPSA) is 13.0 Å². The third-order valence-electron chi connectivity index (χ3n) is 25.1. The van der Waals surface area contributed by atoms with Crippen molar-refractivity contribution in [2.24, 2.45) is 0 Å². The summed E-state index contributed by atoms with van der Waals surface area (Å²) in [6.45, 7) is 23.1. The first kappa shape index (κ1) is 78.3. The Morgan fingerprint density at radius 1 is 0.229 bits per heavy atom. The molecule has 0 amide bonds. The molecule has 16 aromatic carbocycles. The van der Waals surface area contributed by atoms with Gasteiger partial charge in [0.15, 0.2) is 0 Å². The van der Waals surface area contributed by atoms with Crippen LogP contribution in [-0.4, -0.2) is 0 Å². The van der Waals surface area contributed by atoms with Crippen molar-refractivity contribution in [3.8, 4) is 22.3 Å². The summed E-state index contributed by atoms with van der Waals surface area (Å²) in [4.78, 5) is 9.91. The third kappa shape index (κ3) is 16.2. The fraction of sp³-hybridized carbons (Fsp3) is 0.228. The number of nitrogens with zero attached hydrogens (tertiary/aromatic N) is 4. The summed E-state index contributed by atoms with van der Waals surface area (Å²) < 4.78 is 0. The van der Waals surface area contributed by atoms with E-state index in [-0.39, 0.29) is 10.8 Å². The van der Waals surface area contributed by atoms with Gasteiger partial charge in [-0.05, 0) is 271 Å². The summed E-state index contributed by atoms with van der Waals surface area (Å²) >= 11 is 0. The summed E-state index contributed by atoms with van der Waals surface area (Å²) in [5, 5.41) is 10.1. The van der Waals surface area contributed by atoms with Gasteiger partial charge >= 0.3 is 0 Å². The first-order chi connectivity index (χ1) is 57.5. The SMILES string of the molecule is CC(C)c1ccc(N(c2ccc(C(C)(C)C)cc2)c2c3ccc(C4CCCCC4)cc3c(N(c3ccc(C(C)C)cc3)c3ccc(C(C)(C)C)cc3)c3ccc(C4CCCCC4)cc23)cc1.c1ccc(-c2c3ccc(N(c4ccccc4)c4ccccc4)cc3c(-c3ccccc3)c3ccc(N(c4ccccc4)c4ccccc4)cc23)cc1. The molecule has 0 atom stereocenters. The Labute approximate surface area is 701 Å². The van der Waals surface area contributed by atoms with Crippen molar-refractivity contribution in [3.63, 3.8) is 0 Å². The van der Waals surface area contributed by atoms with Gasteiger partial charge in [0.1, 0.15) is 0 Å². The Kier molecular flexibility index (Phi) is 22.7. The molecule has 0 heterocycles. The Morgan fingerprint density at radius 3 is 0.780 bits per heavy atom. The molecule has 2 aliphatic carbocycles. The van der Waals surface area contributed by atoms with Crippen LogP contribution in [0.5, 0.6) is 0 Å². The van der Waals surface area contributed by atoms with E-state index in [0.29, 0.717) is 23.7 Å². The van der Waals surface area contributed by atoms with Gasteiger partial charge in [0, 0.05) is 78.4 Å². The highest BCUT2D eigenvalue weighted by molar-refractivity contribution is 6.25. The van der Waals surface area contributed by atoms with Crippen LogP contribution in [0.3, 0.4) is 0 Å². The van der Waals surface area contributed by atoms with Crippen molar-refractivity contribution in [2.45, 2.75) is 168 Å². The molecule has 0 spiro atoms. The van der Waals surface area contributed by atoms with E-state index < -0.39 is 0 Å². The molecule has 0 N–H and O–H groups in total. The second kappa shape index (κ2) is 34.1. The molecule has 18 rings (SSSR count). The van der Waals surface area contributed by atoms with Crippen molar-refractivity contribution >= 4 is 111 Å². The Hall–Kier alpha value is -12.2. The van der Waals surface area contributed by atoms with E-state index in [2.05, 4.69) is 441 Å². The molecule has 0 unspecified atom stereocenters. The van der Waals surface area contributed by atoms with E-state index >= 15 is 0 Å². The van der Waals surface area contributed by atoms with E-state index in [1.54, 1.807) is 0 Å². The number of rotatable bonds is 18. The summed E-state index contributed by atoms with van der Waals surface area (Å²) in [6.07, 6.45) is 13.0. The van der Waals surface area contributed by atoms with E-state index in [1.807, 2.05) is 0 Å². The molecule has 0 saturated heterocycles. The highest BCUT2D eigenvalue weighted by atomic mass is 15.2. The molecule has 0 radical (unpaired) electrons. The monoisotopic (exact) mass is 1540 g/mol. The molecule has 588 valence electrons. The van der Waals surface area contributed by atoms with E-state index in [0.717, 1.165) is 34.1 Å². The molecule has 2 fully saturated rings. The molecular formula is C114H112N4. The molecule has 16 aromatic rings. The fourth-order valence-electron chi connectivity index (χ4n) is 18.6. The summed E-state index contributed by atoms with van der Waals surface area (Å²) in [5.74, 6) is 2.04. The molecule has 4 heteroatoms. The lowest BCUT2D eigenvalue weighted by molar-refractivity contribution is 0.444. The van der Waals surface area contributed by atoms with Gasteiger partial charge in [-0.3, -0.25) is 0 Å². The standard InChI is InChI=1S/C64H76N2.C50H36N2/c1-43(2)45-21-31-53(32-22-45)65(55-35-27-51(28-36-55)63(5,6)7)61-57-39-25-50(48-19-15-12-16-20-48)42-60(57)62(58-40-26-49(41-59(58)61)47-17-13-11-14-18-47)66(54-33-23-46(24-34-54)44(3)4)56-37-29-52(30-38-56)64(8,9)10;1-7-19-37(20-8-1)49-45-33-31-44(52(41-27-15-5-16-28-41)42-29-17-6-18-30-42)36-48(45)50(38-21-9-2-10-22-38)46-34-32-43(35-47(46)49)51(39-23-11-3-12-24-39)40-25-13-4-14-26-40/h21-44,47-48H,11-20H2,1-10H3;1-36H. The average molecular weight is 1540 g/mol. The first-order valence-electron chi connectivity index (χ1n) is 43.5. The lowest BCUT2D eigenvalue weighted by Gasteiger charge is -2.34. The number of hydrogen-bond donors (Lipinski definition) is 0. The quantitative estimate of drug-likeness (QED) is 0.0627. The van der Waals surface area contributed by atoms with Crippen LogP contribution in [0.15, 0.2) is 352 Å². The Balaban J connectivity index is 0.000000174. The van der Waals surface area contributed by atoms with E-state index in [1.165, 1.54) is 197 Å². The maximum Gasteiger partial charge on any atom is 0.0620 e. The predicted octanol–water partition coefficient (Wildman–Crippen LogP) is 34.1. The number of anilines is 12.